The Bertz CT molecular complexity index is 1430. The second kappa shape index (κ2) is 11.1. The van der Waals surface area contributed by atoms with Gasteiger partial charge in [-0.25, -0.2) is 9.37 Å². The molecular weight excluding hydrogens is 514 g/mol. The Morgan fingerprint density at radius 3 is 2.58 bits per heavy atom. The summed E-state index contributed by atoms with van der Waals surface area (Å²) in [6.45, 7) is 3.63. The zero-order valence-electron chi connectivity index (χ0n) is 22.6. The van der Waals surface area contributed by atoms with E-state index in [9.17, 15) is 4.79 Å². The van der Waals surface area contributed by atoms with Crippen LogP contribution in [0.3, 0.4) is 0 Å². The average Bonchev–Trinajstić information content (AvgIpc) is 3.78. The van der Waals surface area contributed by atoms with Crippen LogP contribution in [0.4, 0.5) is 14.6 Å². The number of nitrogens with two attached hydrogens (primary N) is 1. The summed E-state index contributed by atoms with van der Waals surface area (Å²) in [5.74, 6) is -0.341. The van der Waals surface area contributed by atoms with Gasteiger partial charge in [0, 0.05) is 61.1 Å². The van der Waals surface area contributed by atoms with E-state index in [0.29, 0.717) is 48.7 Å². The zero-order valence-corrected chi connectivity index (χ0v) is 22.6. The first-order valence-electron chi connectivity index (χ1n) is 14.0. The van der Waals surface area contributed by atoms with Gasteiger partial charge in [0.1, 0.15) is 17.4 Å². The maximum absolute atomic E-state index is 15.3. The number of ether oxygens (including phenoxy) is 2. The number of piperidine rings is 1. The maximum Gasteiger partial charge on any atom is 0.251 e. The molecule has 2 aromatic carbocycles. The second-order valence-electron chi connectivity index (χ2n) is 11.0. The number of amides is 1. The quantitative estimate of drug-likeness (QED) is 0.387. The molecule has 3 aliphatic rings. The molecule has 3 N–H and O–H groups in total. The molecule has 0 spiro atoms. The fourth-order valence-corrected chi connectivity index (χ4v) is 5.62. The highest BCUT2D eigenvalue weighted by molar-refractivity contribution is 5.97. The number of carbonyl (C=O) groups excluding carboxylic acids is 1. The lowest BCUT2D eigenvalue weighted by Gasteiger charge is -2.31. The van der Waals surface area contributed by atoms with Crippen LogP contribution in [-0.4, -0.2) is 55.2 Å². The molecule has 2 aliphatic heterocycles. The van der Waals surface area contributed by atoms with Gasteiger partial charge in [-0.05, 0) is 79.5 Å². The van der Waals surface area contributed by atoms with E-state index in [-0.39, 0.29) is 29.0 Å². The number of carbonyl (C=O) groups is 1. The first kappa shape index (κ1) is 26.7. The Morgan fingerprint density at radius 1 is 1.02 bits per heavy atom. The normalized spacial score (nSPS) is 17.9. The third-order valence-corrected chi connectivity index (χ3v) is 8.22. The van der Waals surface area contributed by atoms with Crippen LogP contribution in [0, 0.1) is 17.7 Å². The fraction of sp³-hybridized carbons (Fsp3) is 0.419. The van der Waals surface area contributed by atoms with Crippen LogP contribution in [0.25, 0.3) is 22.3 Å². The molecule has 3 aromatic rings. The van der Waals surface area contributed by atoms with E-state index in [1.807, 2.05) is 18.2 Å². The van der Waals surface area contributed by atoms with Gasteiger partial charge in [0.2, 0.25) is 5.95 Å². The number of benzene rings is 2. The van der Waals surface area contributed by atoms with Crippen molar-refractivity contribution in [1.82, 2.24) is 15.2 Å². The minimum atomic E-state index is -0.725. The summed E-state index contributed by atoms with van der Waals surface area (Å²) >= 11 is 0. The molecule has 3 heterocycles. The van der Waals surface area contributed by atoms with Crippen LogP contribution in [0.2, 0.25) is 0 Å². The SMILES string of the molecule is COC1CCN(Cc2cc(-c3cc(-c4cc5c(cc4F)C(=O)NCC5)c(N)nc3F)ccc2OCC2CC2)CC1. The van der Waals surface area contributed by atoms with Crippen molar-refractivity contribution >= 4 is 11.7 Å². The molecule has 1 aromatic heterocycles. The highest BCUT2D eigenvalue weighted by Gasteiger charge is 2.25. The van der Waals surface area contributed by atoms with Crippen molar-refractivity contribution in [2.24, 2.45) is 5.92 Å². The fourth-order valence-electron chi connectivity index (χ4n) is 5.62. The maximum atomic E-state index is 15.3. The molecule has 1 amide bonds. The predicted octanol–water partition coefficient (Wildman–Crippen LogP) is 4.96. The number of hydrogen-bond acceptors (Lipinski definition) is 6. The smallest absolute Gasteiger partial charge is 0.251 e. The Balaban J connectivity index is 1.35. The standard InChI is InChI=1S/C31H34F2N4O3/c1-39-22-7-10-37(11-8-22)16-21-12-19(4-5-28(21)40-17-18-2-3-18)23-14-26(30(34)36-29(23)33)25-13-20-6-9-35-31(38)24(20)15-27(25)32/h4-5,12-15,18,22H,2-3,6-11,16-17H2,1H3,(H2,34,36)(H,35,38). The summed E-state index contributed by atoms with van der Waals surface area (Å²) in [5.41, 5.74) is 9.45. The number of halogens is 2. The number of anilines is 1. The van der Waals surface area contributed by atoms with E-state index in [2.05, 4.69) is 15.2 Å². The highest BCUT2D eigenvalue weighted by Crippen LogP contribution is 2.37. The van der Waals surface area contributed by atoms with Gasteiger partial charge in [0.15, 0.2) is 0 Å². The molecule has 40 heavy (non-hydrogen) atoms. The number of methoxy groups -OCH3 is 1. The lowest BCUT2D eigenvalue weighted by atomic mass is 9.93. The largest absolute Gasteiger partial charge is 0.493 e. The van der Waals surface area contributed by atoms with Crippen molar-refractivity contribution in [3.05, 3.63) is 64.9 Å². The molecule has 9 heteroatoms. The molecule has 0 atom stereocenters. The van der Waals surface area contributed by atoms with E-state index in [4.69, 9.17) is 15.2 Å². The van der Waals surface area contributed by atoms with Gasteiger partial charge in [0.05, 0.1) is 12.7 Å². The van der Waals surface area contributed by atoms with Crippen LogP contribution in [0.1, 0.15) is 47.2 Å². The molecule has 0 unspecified atom stereocenters. The molecule has 2 fully saturated rings. The Labute approximate surface area is 232 Å². The molecule has 1 saturated heterocycles. The molecule has 0 bridgehead atoms. The van der Waals surface area contributed by atoms with Gasteiger partial charge in [0.25, 0.3) is 5.91 Å². The van der Waals surface area contributed by atoms with Gasteiger partial charge in [-0.1, -0.05) is 6.07 Å². The summed E-state index contributed by atoms with van der Waals surface area (Å²) in [4.78, 5) is 18.5. The molecule has 210 valence electrons. The van der Waals surface area contributed by atoms with Crippen molar-refractivity contribution in [3.8, 4) is 28.0 Å². The lowest BCUT2D eigenvalue weighted by molar-refractivity contribution is 0.0386. The summed E-state index contributed by atoms with van der Waals surface area (Å²) in [6.07, 6.45) is 5.15. The number of likely N-dealkylation sites (tertiary alicyclic amines) is 1. The number of pyridine rings is 1. The Morgan fingerprint density at radius 2 is 1.82 bits per heavy atom. The van der Waals surface area contributed by atoms with Gasteiger partial charge in [-0.2, -0.15) is 4.39 Å². The minimum Gasteiger partial charge on any atom is -0.493 e. The molecule has 1 saturated carbocycles. The van der Waals surface area contributed by atoms with E-state index < -0.39 is 11.8 Å². The van der Waals surface area contributed by atoms with Crippen LogP contribution < -0.4 is 15.8 Å². The highest BCUT2D eigenvalue weighted by atomic mass is 19.1. The topological polar surface area (TPSA) is 89.7 Å². The molecule has 7 nitrogen and oxygen atoms in total. The average molecular weight is 549 g/mol. The zero-order chi connectivity index (χ0) is 27.8. The monoisotopic (exact) mass is 548 g/mol. The number of nitrogen functional groups attached to an aromatic ring is 1. The summed E-state index contributed by atoms with van der Waals surface area (Å²) in [7, 11) is 1.75. The summed E-state index contributed by atoms with van der Waals surface area (Å²) in [5, 5.41) is 2.72. The van der Waals surface area contributed by atoms with E-state index in [1.165, 1.54) is 18.9 Å². The molecule has 1 aliphatic carbocycles. The van der Waals surface area contributed by atoms with Crippen molar-refractivity contribution in [2.75, 3.05) is 39.1 Å². The second-order valence-corrected chi connectivity index (χ2v) is 11.0. The van der Waals surface area contributed by atoms with Crippen LogP contribution in [-0.2, 0) is 17.7 Å². The third kappa shape index (κ3) is 5.53. The van der Waals surface area contributed by atoms with Crippen molar-refractivity contribution in [3.63, 3.8) is 0 Å². The summed E-state index contributed by atoms with van der Waals surface area (Å²) in [6, 6.07) is 10.1. The lowest BCUT2D eigenvalue weighted by Crippen LogP contribution is -2.36. The van der Waals surface area contributed by atoms with Gasteiger partial charge < -0.3 is 20.5 Å². The van der Waals surface area contributed by atoms with Crippen molar-refractivity contribution in [1.29, 1.82) is 0 Å². The number of nitrogens with zero attached hydrogens (tertiary/aromatic N) is 2. The number of rotatable bonds is 8. The van der Waals surface area contributed by atoms with Gasteiger partial charge >= 0.3 is 0 Å². The number of aromatic nitrogens is 1. The molecule has 0 radical (unpaired) electrons. The molecule has 6 rings (SSSR count). The number of hydrogen-bond donors (Lipinski definition) is 2. The number of fused-ring (bicyclic) bond motifs is 1. The van der Waals surface area contributed by atoms with Crippen LogP contribution in [0.15, 0.2) is 36.4 Å². The summed E-state index contributed by atoms with van der Waals surface area (Å²) < 4.78 is 42.3. The predicted molar refractivity (Wildman–Crippen MR) is 149 cm³/mol. The van der Waals surface area contributed by atoms with Crippen LogP contribution in [0.5, 0.6) is 5.75 Å². The van der Waals surface area contributed by atoms with Gasteiger partial charge in [-0.3, -0.25) is 9.69 Å². The van der Waals surface area contributed by atoms with Gasteiger partial charge in [-0.15, -0.1) is 0 Å². The molecular formula is C31H34F2N4O3. The first-order valence-corrected chi connectivity index (χ1v) is 14.0. The third-order valence-electron chi connectivity index (χ3n) is 8.22. The minimum absolute atomic E-state index is 0.106. The number of nitrogens with one attached hydrogen (secondary N) is 1. The van der Waals surface area contributed by atoms with Crippen molar-refractivity contribution in [2.45, 2.75) is 44.8 Å². The van der Waals surface area contributed by atoms with Crippen molar-refractivity contribution < 1.29 is 23.0 Å². The van der Waals surface area contributed by atoms with E-state index >= 15 is 8.78 Å². The van der Waals surface area contributed by atoms with E-state index in [1.54, 1.807) is 19.2 Å². The van der Waals surface area contributed by atoms with Crippen LogP contribution >= 0.6 is 0 Å². The van der Waals surface area contributed by atoms with E-state index in [0.717, 1.165) is 42.8 Å². The Kier molecular flexibility index (Phi) is 7.42. The first-order chi connectivity index (χ1) is 19.4. The Hall–Kier alpha value is -3.56.